The van der Waals surface area contributed by atoms with E-state index in [4.69, 9.17) is 5.73 Å². The fourth-order valence-corrected chi connectivity index (χ4v) is 4.95. The summed E-state index contributed by atoms with van der Waals surface area (Å²) in [5.74, 6) is 0.702. The molecular weight excluding hydrogens is 406 g/mol. The number of nitrogens with two attached hydrogens (primary N) is 1. The van der Waals surface area contributed by atoms with Crippen molar-refractivity contribution >= 4 is 40.1 Å². The van der Waals surface area contributed by atoms with Crippen molar-refractivity contribution in [1.29, 1.82) is 0 Å². The maximum Gasteiger partial charge on any atom is 0.241 e. The molecule has 3 atom stereocenters. The number of hydrogen-bond donors (Lipinski definition) is 3. The van der Waals surface area contributed by atoms with E-state index in [0.29, 0.717) is 18.7 Å². The van der Waals surface area contributed by atoms with Crippen LogP contribution >= 0.6 is 24.2 Å². The van der Waals surface area contributed by atoms with Crippen molar-refractivity contribution in [2.75, 3.05) is 18.6 Å². The summed E-state index contributed by atoms with van der Waals surface area (Å²) in [6, 6.07) is 5.86. The molecule has 6 nitrogen and oxygen atoms in total. The lowest BCUT2D eigenvalue weighted by molar-refractivity contribution is -0.123. The van der Waals surface area contributed by atoms with Gasteiger partial charge in [0.15, 0.2) is 0 Å². The van der Waals surface area contributed by atoms with Crippen molar-refractivity contribution in [3.8, 4) is 0 Å². The summed E-state index contributed by atoms with van der Waals surface area (Å²) in [6.45, 7) is 2.43. The number of amides is 1. The molecule has 9 heteroatoms. The van der Waals surface area contributed by atoms with Crippen molar-refractivity contribution in [3.05, 3.63) is 29.8 Å². The van der Waals surface area contributed by atoms with E-state index in [1.165, 1.54) is 0 Å². The zero-order valence-electron chi connectivity index (χ0n) is 15.8. The van der Waals surface area contributed by atoms with Crippen LogP contribution in [0.1, 0.15) is 31.2 Å². The molecular formula is C18H30ClN3O3S2. The molecule has 3 unspecified atom stereocenters. The van der Waals surface area contributed by atoms with E-state index >= 15 is 0 Å². The molecule has 0 spiro atoms. The van der Waals surface area contributed by atoms with Crippen LogP contribution in [0.2, 0.25) is 0 Å². The summed E-state index contributed by atoms with van der Waals surface area (Å²) in [7, 11) is -3.75. The number of benzene rings is 1. The first-order valence-electron chi connectivity index (χ1n) is 8.95. The average molecular weight is 436 g/mol. The molecule has 1 aliphatic carbocycles. The van der Waals surface area contributed by atoms with Gasteiger partial charge in [0.1, 0.15) is 6.04 Å². The molecule has 0 radical (unpaired) electrons. The van der Waals surface area contributed by atoms with Crippen molar-refractivity contribution in [2.24, 2.45) is 11.7 Å². The van der Waals surface area contributed by atoms with E-state index in [1.807, 2.05) is 13.2 Å². The van der Waals surface area contributed by atoms with E-state index in [2.05, 4.69) is 10.0 Å². The summed E-state index contributed by atoms with van der Waals surface area (Å²) in [5.41, 5.74) is 6.76. The summed E-state index contributed by atoms with van der Waals surface area (Å²) in [5, 5.41) is 3.02. The number of halogens is 1. The minimum absolute atomic E-state index is 0. The highest BCUT2D eigenvalue weighted by molar-refractivity contribution is 7.98. The predicted octanol–water partition coefficient (Wildman–Crippen LogP) is 2.06. The maximum atomic E-state index is 12.7. The molecule has 1 aromatic rings. The van der Waals surface area contributed by atoms with Crippen LogP contribution in [-0.4, -0.2) is 45.0 Å². The first kappa shape index (κ1) is 24.2. The van der Waals surface area contributed by atoms with E-state index in [9.17, 15) is 13.2 Å². The largest absolute Gasteiger partial charge is 0.352 e. The molecule has 1 amide bonds. The SMILES string of the molecule is CSCCC(NS(=O)(=O)c1ccc(C)cc1)C(=O)NC1CCCC1CN.Cl. The Labute approximate surface area is 172 Å². The second kappa shape index (κ2) is 11.3. The number of nitrogens with one attached hydrogen (secondary N) is 2. The number of sulfonamides is 1. The Morgan fingerprint density at radius 3 is 2.56 bits per heavy atom. The van der Waals surface area contributed by atoms with Gasteiger partial charge in [-0.15, -0.1) is 12.4 Å². The smallest absolute Gasteiger partial charge is 0.241 e. The first-order chi connectivity index (χ1) is 12.4. The summed E-state index contributed by atoms with van der Waals surface area (Å²) >= 11 is 1.58. The van der Waals surface area contributed by atoms with Crippen LogP contribution in [0.25, 0.3) is 0 Å². The van der Waals surface area contributed by atoms with E-state index in [0.717, 1.165) is 24.8 Å². The quantitative estimate of drug-likeness (QED) is 0.551. The minimum atomic E-state index is -3.75. The number of thioether (sulfide) groups is 1. The van der Waals surface area contributed by atoms with Gasteiger partial charge in [0.25, 0.3) is 0 Å². The standard InChI is InChI=1S/C18H29N3O3S2.ClH/c1-13-6-8-15(9-7-13)26(23,24)21-17(10-11-25-2)18(22)20-16-5-3-4-14(16)12-19;/h6-9,14,16-17,21H,3-5,10-12,19H2,1-2H3,(H,20,22);1H. The lowest BCUT2D eigenvalue weighted by atomic mass is 10.0. The first-order valence-corrected chi connectivity index (χ1v) is 11.8. The number of hydrogen-bond acceptors (Lipinski definition) is 5. The topological polar surface area (TPSA) is 101 Å². The van der Waals surface area contributed by atoms with Gasteiger partial charge in [0.2, 0.25) is 15.9 Å². The number of rotatable bonds is 9. The Bertz CT molecular complexity index is 698. The van der Waals surface area contributed by atoms with Gasteiger partial charge in [-0.05, 0) is 62.8 Å². The average Bonchev–Trinajstić information content (AvgIpc) is 3.06. The van der Waals surface area contributed by atoms with E-state index in [1.54, 1.807) is 36.0 Å². The van der Waals surface area contributed by atoms with Crippen LogP contribution in [-0.2, 0) is 14.8 Å². The highest BCUT2D eigenvalue weighted by Gasteiger charge is 2.31. The molecule has 1 fully saturated rings. The van der Waals surface area contributed by atoms with Crippen LogP contribution in [0.15, 0.2) is 29.2 Å². The van der Waals surface area contributed by atoms with Crippen LogP contribution in [0.3, 0.4) is 0 Å². The summed E-state index contributed by atoms with van der Waals surface area (Å²) in [4.78, 5) is 12.9. The maximum absolute atomic E-state index is 12.7. The predicted molar refractivity (Wildman–Crippen MR) is 114 cm³/mol. The van der Waals surface area contributed by atoms with E-state index < -0.39 is 16.1 Å². The van der Waals surface area contributed by atoms with E-state index in [-0.39, 0.29) is 35.2 Å². The minimum Gasteiger partial charge on any atom is -0.352 e. The third-order valence-electron chi connectivity index (χ3n) is 4.85. The van der Waals surface area contributed by atoms with Crippen LogP contribution in [0.5, 0.6) is 0 Å². The normalized spacial score (nSPS) is 20.7. The Morgan fingerprint density at radius 2 is 1.96 bits per heavy atom. The Morgan fingerprint density at radius 1 is 1.30 bits per heavy atom. The van der Waals surface area contributed by atoms with Crippen molar-refractivity contribution < 1.29 is 13.2 Å². The van der Waals surface area contributed by atoms with Gasteiger partial charge < -0.3 is 11.1 Å². The molecule has 0 aliphatic heterocycles. The number of carbonyl (C=O) groups is 1. The Hall–Kier alpha value is -0.800. The van der Waals surface area contributed by atoms with Crippen molar-refractivity contribution in [1.82, 2.24) is 10.0 Å². The molecule has 2 rings (SSSR count). The van der Waals surface area contributed by atoms with Gasteiger partial charge in [0.05, 0.1) is 4.90 Å². The fourth-order valence-electron chi connectivity index (χ4n) is 3.24. The Balaban J connectivity index is 0.00000364. The molecule has 0 aromatic heterocycles. The van der Waals surface area contributed by atoms with Gasteiger partial charge in [-0.1, -0.05) is 24.1 Å². The van der Waals surface area contributed by atoms with Gasteiger partial charge >= 0.3 is 0 Å². The highest BCUT2D eigenvalue weighted by atomic mass is 35.5. The zero-order chi connectivity index (χ0) is 19.2. The molecule has 27 heavy (non-hydrogen) atoms. The molecule has 0 heterocycles. The van der Waals surface area contributed by atoms with Gasteiger partial charge in [-0.25, -0.2) is 8.42 Å². The van der Waals surface area contributed by atoms with Gasteiger partial charge in [-0.3, -0.25) is 4.79 Å². The van der Waals surface area contributed by atoms with Crippen LogP contribution < -0.4 is 15.8 Å². The number of carbonyl (C=O) groups excluding carboxylic acids is 1. The van der Waals surface area contributed by atoms with Crippen molar-refractivity contribution in [2.45, 2.75) is 49.6 Å². The Kier molecular flexibility index (Phi) is 10.1. The molecule has 154 valence electrons. The molecule has 4 N–H and O–H groups in total. The number of aryl methyl sites for hydroxylation is 1. The summed E-state index contributed by atoms with van der Waals surface area (Å²) < 4.78 is 27.9. The fraction of sp³-hybridized carbons (Fsp3) is 0.611. The third-order valence-corrected chi connectivity index (χ3v) is 6.98. The second-order valence-electron chi connectivity index (χ2n) is 6.81. The molecule has 0 bridgehead atoms. The lowest BCUT2D eigenvalue weighted by Gasteiger charge is -2.24. The molecule has 1 aliphatic rings. The zero-order valence-corrected chi connectivity index (χ0v) is 18.3. The van der Waals surface area contributed by atoms with Crippen molar-refractivity contribution in [3.63, 3.8) is 0 Å². The molecule has 1 aromatic carbocycles. The van der Waals surface area contributed by atoms with Gasteiger partial charge in [0, 0.05) is 6.04 Å². The lowest BCUT2D eigenvalue weighted by Crippen LogP contribution is -2.51. The third kappa shape index (κ3) is 6.94. The molecule has 1 saturated carbocycles. The van der Waals surface area contributed by atoms with Gasteiger partial charge in [-0.2, -0.15) is 16.5 Å². The van der Waals surface area contributed by atoms with Crippen LogP contribution in [0, 0.1) is 12.8 Å². The van der Waals surface area contributed by atoms with Crippen LogP contribution in [0.4, 0.5) is 0 Å². The highest BCUT2D eigenvalue weighted by Crippen LogP contribution is 2.24. The molecule has 0 saturated heterocycles. The summed E-state index contributed by atoms with van der Waals surface area (Å²) in [6.07, 6.45) is 5.32. The monoisotopic (exact) mass is 435 g/mol. The second-order valence-corrected chi connectivity index (χ2v) is 9.51.